The minimum absolute atomic E-state index is 0.153. The quantitative estimate of drug-likeness (QED) is 0.482. The van der Waals surface area contributed by atoms with Crippen LogP contribution in [0.3, 0.4) is 0 Å². The molecule has 0 fully saturated rings. The van der Waals surface area contributed by atoms with E-state index in [2.05, 4.69) is 15.5 Å². The summed E-state index contributed by atoms with van der Waals surface area (Å²) in [6, 6.07) is 5.13. The molecule has 0 aliphatic carbocycles. The van der Waals surface area contributed by atoms with Gasteiger partial charge in [0.1, 0.15) is 0 Å². The summed E-state index contributed by atoms with van der Waals surface area (Å²) in [4.78, 5) is 0. The molecule has 5 nitrogen and oxygen atoms in total. The van der Waals surface area contributed by atoms with Gasteiger partial charge in [0, 0.05) is 0 Å². The van der Waals surface area contributed by atoms with E-state index in [0.29, 0.717) is 21.4 Å². The molecule has 0 saturated carbocycles. The largest absolute Gasteiger partial charge is 0.467 e. The number of benzene rings is 1. The maximum atomic E-state index is 6.00. The van der Waals surface area contributed by atoms with Crippen molar-refractivity contribution in [2.75, 3.05) is 7.05 Å². The summed E-state index contributed by atoms with van der Waals surface area (Å²) >= 11 is 11.9. The molecular weight excluding hydrogens is 249 g/mol. The average molecular weight is 259 g/mol. The van der Waals surface area contributed by atoms with Crippen molar-refractivity contribution in [1.29, 1.82) is 0 Å². The average Bonchev–Trinajstić information content (AvgIpc) is 2.24. The molecule has 0 aliphatic rings. The van der Waals surface area contributed by atoms with E-state index in [1.165, 1.54) is 0 Å². The molecule has 86 valence electrons. The van der Waals surface area contributed by atoms with Crippen molar-refractivity contribution in [3.63, 3.8) is 0 Å². The molecule has 0 unspecified atom stereocenters. The normalized spacial score (nSPS) is 11.1. The second kappa shape index (κ2) is 5.58. The summed E-state index contributed by atoms with van der Waals surface area (Å²) in [6.07, 6.45) is 0. The van der Waals surface area contributed by atoms with Crippen LogP contribution in [0, 0.1) is 0 Å². The van der Waals surface area contributed by atoms with Crippen LogP contribution < -0.4 is 11.5 Å². The fourth-order valence-corrected chi connectivity index (χ4v) is 1.39. The van der Waals surface area contributed by atoms with Crippen LogP contribution in [0.1, 0.15) is 5.56 Å². The Morgan fingerprint density at radius 3 is 2.50 bits per heavy atom. The Morgan fingerprint density at radius 1 is 1.25 bits per heavy atom. The Hall–Kier alpha value is -1.46. The number of hydrogen-bond donors (Lipinski definition) is 2. The highest BCUT2D eigenvalue weighted by molar-refractivity contribution is 6.44. The van der Waals surface area contributed by atoms with Crippen LogP contribution in [0.25, 0.3) is 5.32 Å². The smallest absolute Gasteiger partial charge is 0.189 e. The molecule has 0 heterocycles. The highest BCUT2D eigenvalue weighted by Crippen LogP contribution is 2.26. The van der Waals surface area contributed by atoms with Crippen molar-refractivity contribution in [3.05, 3.63) is 39.1 Å². The Bertz CT molecular complexity index is 438. The van der Waals surface area contributed by atoms with Crippen LogP contribution in [-0.4, -0.2) is 18.8 Å². The molecule has 0 aliphatic heterocycles. The van der Waals surface area contributed by atoms with E-state index in [0.717, 1.165) is 0 Å². The highest BCUT2D eigenvalue weighted by Gasteiger charge is 2.03. The fraction of sp³-hybridized carbons (Fsp3) is 0.111. The first-order valence-electron chi connectivity index (χ1n) is 4.27. The van der Waals surface area contributed by atoms with Gasteiger partial charge in [-0.2, -0.15) is 0 Å². The molecule has 16 heavy (non-hydrogen) atoms. The van der Waals surface area contributed by atoms with Crippen molar-refractivity contribution in [2.24, 2.45) is 21.7 Å². The molecular formula is C9H10Cl2N5-. The van der Waals surface area contributed by atoms with Crippen LogP contribution in [0.15, 0.2) is 28.4 Å². The van der Waals surface area contributed by atoms with E-state index in [-0.39, 0.29) is 5.96 Å². The van der Waals surface area contributed by atoms with Gasteiger partial charge in [0.25, 0.3) is 0 Å². The number of hydrogen-bond acceptors (Lipinski definition) is 2. The maximum Gasteiger partial charge on any atom is 0.189 e. The third-order valence-electron chi connectivity index (χ3n) is 1.66. The van der Waals surface area contributed by atoms with Crippen LogP contribution in [0.5, 0.6) is 0 Å². The lowest BCUT2D eigenvalue weighted by atomic mass is 10.2. The highest BCUT2D eigenvalue weighted by atomic mass is 35.5. The molecule has 0 radical (unpaired) electrons. The molecule has 1 aromatic rings. The monoisotopic (exact) mass is 258 g/mol. The molecule has 1 rings (SSSR count). The minimum atomic E-state index is -0.153. The third kappa shape index (κ3) is 3.01. The zero-order valence-electron chi connectivity index (χ0n) is 8.48. The number of halogens is 2. The number of rotatable bonds is 2. The molecule has 4 N–H and O–H groups in total. The molecule has 0 aromatic heterocycles. The van der Waals surface area contributed by atoms with Crippen LogP contribution in [0.2, 0.25) is 10.0 Å². The van der Waals surface area contributed by atoms with E-state index in [1.54, 1.807) is 25.2 Å². The minimum Gasteiger partial charge on any atom is -0.467 e. The molecule has 1 aromatic carbocycles. The van der Waals surface area contributed by atoms with Gasteiger partial charge in [0.2, 0.25) is 0 Å². The first-order valence-corrected chi connectivity index (χ1v) is 5.02. The van der Waals surface area contributed by atoms with Gasteiger partial charge in [0.05, 0.1) is 10.0 Å². The summed E-state index contributed by atoms with van der Waals surface area (Å²) in [5.41, 5.74) is 10.9. The Kier molecular flexibility index (Phi) is 4.39. The van der Waals surface area contributed by atoms with Gasteiger partial charge < -0.3 is 21.9 Å². The summed E-state index contributed by atoms with van der Waals surface area (Å²) in [5, 5.41) is 12.0. The maximum absolute atomic E-state index is 6.00. The van der Waals surface area contributed by atoms with Gasteiger partial charge in [-0.1, -0.05) is 42.4 Å². The van der Waals surface area contributed by atoms with Crippen molar-refractivity contribution in [1.82, 2.24) is 0 Å². The van der Waals surface area contributed by atoms with Crippen LogP contribution in [0.4, 0.5) is 0 Å². The van der Waals surface area contributed by atoms with E-state index in [4.69, 9.17) is 34.7 Å². The number of amidine groups is 1. The Balaban J connectivity index is 3.19. The van der Waals surface area contributed by atoms with Crippen molar-refractivity contribution in [3.8, 4) is 0 Å². The van der Waals surface area contributed by atoms with Gasteiger partial charge in [-0.15, -0.1) is 0 Å². The van der Waals surface area contributed by atoms with Gasteiger partial charge in [-0.05, 0) is 17.5 Å². The van der Waals surface area contributed by atoms with Crippen LogP contribution >= 0.6 is 23.2 Å². The SMILES string of the molecule is C[N-]C(=NN=C(N)N)c1cccc(Cl)c1Cl. The Labute approximate surface area is 103 Å². The predicted molar refractivity (Wildman–Crippen MR) is 68.1 cm³/mol. The standard InChI is InChI=1S/C9H10Cl2N5/c1-14-8(15-16-9(12)13)5-3-2-4-6(10)7(5)11/h2-4H,1H3,(H4-,12,13,14,15,16)/q-1. The Morgan fingerprint density at radius 2 is 1.94 bits per heavy atom. The van der Waals surface area contributed by atoms with Gasteiger partial charge in [0.15, 0.2) is 5.96 Å². The molecule has 0 saturated heterocycles. The van der Waals surface area contributed by atoms with Crippen molar-refractivity contribution in [2.45, 2.75) is 0 Å². The summed E-state index contributed by atoms with van der Waals surface area (Å²) < 4.78 is 0. The number of nitrogens with two attached hydrogens (primary N) is 2. The summed E-state index contributed by atoms with van der Waals surface area (Å²) in [6.45, 7) is 0. The summed E-state index contributed by atoms with van der Waals surface area (Å²) in [7, 11) is 1.55. The molecule has 0 atom stereocenters. The zero-order chi connectivity index (χ0) is 12.1. The second-order valence-corrected chi connectivity index (χ2v) is 3.56. The van der Waals surface area contributed by atoms with Gasteiger partial charge in [-0.25, -0.2) is 5.10 Å². The lowest BCUT2D eigenvalue weighted by Crippen LogP contribution is -2.22. The van der Waals surface area contributed by atoms with Crippen molar-refractivity contribution >= 4 is 35.0 Å². The topological polar surface area (TPSA) is 90.9 Å². The van der Waals surface area contributed by atoms with E-state index in [1.807, 2.05) is 0 Å². The fourth-order valence-electron chi connectivity index (χ4n) is 1.00. The molecule has 0 spiro atoms. The van der Waals surface area contributed by atoms with Gasteiger partial charge in [-0.3, -0.25) is 0 Å². The first-order chi connectivity index (χ1) is 7.56. The molecule has 7 heteroatoms. The van der Waals surface area contributed by atoms with E-state index in [9.17, 15) is 0 Å². The molecule has 0 amide bonds. The van der Waals surface area contributed by atoms with Crippen molar-refractivity contribution < 1.29 is 0 Å². The van der Waals surface area contributed by atoms with Crippen LogP contribution in [-0.2, 0) is 0 Å². The first kappa shape index (κ1) is 12.6. The summed E-state index contributed by atoms with van der Waals surface area (Å²) in [5.74, 6) is 0.153. The van der Waals surface area contributed by atoms with Gasteiger partial charge >= 0.3 is 0 Å². The third-order valence-corrected chi connectivity index (χ3v) is 2.48. The predicted octanol–water partition coefficient (Wildman–Crippen LogP) is 1.93. The molecule has 0 bridgehead atoms. The van der Waals surface area contributed by atoms with E-state index < -0.39 is 0 Å². The number of nitrogens with zero attached hydrogens (tertiary/aromatic N) is 3. The van der Waals surface area contributed by atoms with E-state index >= 15 is 0 Å². The zero-order valence-corrected chi connectivity index (χ0v) is 10.00. The lowest BCUT2D eigenvalue weighted by molar-refractivity contribution is 1.20. The lowest BCUT2D eigenvalue weighted by Gasteiger charge is -2.15. The second-order valence-electron chi connectivity index (χ2n) is 2.77. The number of guanidine groups is 1.